The van der Waals surface area contributed by atoms with E-state index in [1.165, 1.54) is 6.20 Å². The van der Waals surface area contributed by atoms with E-state index in [1.807, 2.05) is 0 Å². The smallest absolute Gasteiger partial charge is 0.129 e. The molecule has 2 nitrogen and oxygen atoms in total. The Bertz CT molecular complexity index is 455. The average Bonchev–Trinajstić information content (AvgIpc) is 2.28. The van der Waals surface area contributed by atoms with Crippen LogP contribution in [0.4, 0.5) is 0 Å². The predicted octanol–water partition coefficient (Wildman–Crippen LogP) is 4.79. The van der Waals surface area contributed by atoms with Crippen LogP contribution in [-0.4, -0.2) is 9.97 Å². The molecule has 0 bridgehead atoms. The van der Waals surface area contributed by atoms with Crippen LogP contribution >= 0.6 is 47.0 Å². The van der Waals surface area contributed by atoms with E-state index < -0.39 is 0 Å². The van der Waals surface area contributed by atoms with Gasteiger partial charge in [-0.05, 0) is 24.3 Å². The summed E-state index contributed by atoms with van der Waals surface area (Å²) in [6.45, 7) is 0. The summed E-state index contributed by atoms with van der Waals surface area (Å²) in [5.41, 5.74) is 0. The number of hydrogen-bond acceptors (Lipinski definition) is 2. The number of aromatic nitrogens is 2. The van der Waals surface area contributed by atoms with Crippen molar-refractivity contribution in [2.24, 2.45) is 0 Å². The monoisotopic (exact) mass is 292 g/mol. The molecule has 0 aromatic carbocycles. The zero-order valence-electron chi connectivity index (χ0n) is 7.95. The number of nitrogens with zero attached hydrogens (tertiary/aromatic N) is 1. The second kappa shape index (κ2) is 6.86. The summed E-state index contributed by atoms with van der Waals surface area (Å²) in [7, 11) is 0. The van der Waals surface area contributed by atoms with E-state index in [1.54, 1.807) is 30.5 Å². The summed E-state index contributed by atoms with van der Waals surface area (Å²) < 4.78 is 0.703. The van der Waals surface area contributed by atoms with Gasteiger partial charge in [0.15, 0.2) is 0 Å². The Morgan fingerprint density at radius 3 is 2.06 bits per heavy atom. The van der Waals surface area contributed by atoms with Gasteiger partial charge in [0.2, 0.25) is 0 Å². The fourth-order valence-electron chi connectivity index (χ4n) is 0.749. The van der Waals surface area contributed by atoms with Gasteiger partial charge in [0.05, 0.1) is 10.0 Å². The zero-order valence-corrected chi connectivity index (χ0v) is 11.0. The first-order valence-electron chi connectivity index (χ1n) is 4.19. The fourth-order valence-corrected chi connectivity index (χ4v) is 1.22. The predicted molar refractivity (Wildman–Crippen MR) is 70.9 cm³/mol. The first kappa shape index (κ1) is 13.5. The largest absolute Gasteiger partial charge is 0.351 e. The molecular weight excluding hydrogens is 287 g/mol. The van der Waals surface area contributed by atoms with Crippen LogP contribution in [-0.2, 0) is 0 Å². The molecule has 0 saturated carbocycles. The number of hydrogen-bond donors (Lipinski definition) is 1. The highest BCUT2D eigenvalue weighted by Crippen LogP contribution is 2.08. The van der Waals surface area contributed by atoms with Crippen molar-refractivity contribution in [1.29, 1.82) is 0 Å². The van der Waals surface area contributed by atoms with Gasteiger partial charge in [-0.2, -0.15) is 0 Å². The van der Waals surface area contributed by atoms with Crippen LogP contribution in [0.5, 0.6) is 0 Å². The summed E-state index contributed by atoms with van der Waals surface area (Å²) in [6.07, 6.45) is 3.16. The third-order valence-electron chi connectivity index (χ3n) is 1.44. The second-order valence-corrected chi connectivity index (χ2v) is 4.37. The maximum absolute atomic E-state index is 5.53. The highest BCUT2D eigenvalue weighted by atomic mass is 35.5. The van der Waals surface area contributed by atoms with Gasteiger partial charge >= 0.3 is 0 Å². The van der Waals surface area contributed by atoms with E-state index in [2.05, 4.69) is 9.97 Å². The lowest BCUT2D eigenvalue weighted by atomic mass is 10.5. The quantitative estimate of drug-likeness (QED) is 0.559. The Kier molecular flexibility index (Phi) is 5.77. The van der Waals surface area contributed by atoms with Crippen molar-refractivity contribution in [3.8, 4) is 0 Å². The third kappa shape index (κ3) is 5.47. The minimum Gasteiger partial charge on any atom is -0.351 e. The van der Waals surface area contributed by atoms with Crippen LogP contribution in [0.25, 0.3) is 0 Å². The topological polar surface area (TPSA) is 28.7 Å². The Hall–Kier alpha value is -0.610. The Balaban J connectivity index is 0.000000160. The molecule has 2 aromatic rings. The van der Waals surface area contributed by atoms with Crippen LogP contribution in [0.2, 0.25) is 15.2 Å². The van der Waals surface area contributed by atoms with Crippen molar-refractivity contribution in [3.05, 3.63) is 56.5 Å². The van der Waals surface area contributed by atoms with Gasteiger partial charge in [-0.25, -0.2) is 4.98 Å². The molecule has 0 aliphatic rings. The molecule has 0 aliphatic heterocycles. The van der Waals surface area contributed by atoms with Crippen LogP contribution < -0.4 is 0 Å². The van der Waals surface area contributed by atoms with Crippen LogP contribution in [0.3, 0.4) is 0 Å². The second-order valence-electron chi connectivity index (χ2n) is 2.67. The third-order valence-corrected chi connectivity index (χ3v) is 2.37. The molecule has 0 aliphatic carbocycles. The zero-order chi connectivity index (χ0) is 12.0. The molecule has 2 aromatic heterocycles. The van der Waals surface area contributed by atoms with Crippen molar-refractivity contribution < 1.29 is 0 Å². The van der Waals surface area contributed by atoms with Gasteiger partial charge in [0.25, 0.3) is 0 Å². The molecular formula is C10H7Cl3N2S. The van der Waals surface area contributed by atoms with Gasteiger partial charge in [-0.3, -0.25) is 0 Å². The molecule has 6 heteroatoms. The summed E-state index contributed by atoms with van der Waals surface area (Å²) in [5, 5.41) is 1.75. The van der Waals surface area contributed by atoms with Crippen molar-refractivity contribution in [3.63, 3.8) is 0 Å². The number of H-pyrrole nitrogens is 1. The molecule has 84 valence electrons. The maximum Gasteiger partial charge on any atom is 0.129 e. The molecule has 0 radical (unpaired) electrons. The van der Waals surface area contributed by atoms with Crippen LogP contribution in [0.15, 0.2) is 36.7 Å². The summed E-state index contributed by atoms with van der Waals surface area (Å²) in [6, 6.07) is 6.83. The van der Waals surface area contributed by atoms with Crippen LogP contribution in [0.1, 0.15) is 0 Å². The Morgan fingerprint density at radius 1 is 1.00 bits per heavy atom. The Labute approximate surface area is 113 Å². The highest BCUT2D eigenvalue weighted by Gasteiger charge is 1.85. The van der Waals surface area contributed by atoms with Gasteiger partial charge in [-0.1, -0.05) is 47.0 Å². The average molecular weight is 294 g/mol. The van der Waals surface area contributed by atoms with Crippen molar-refractivity contribution >= 4 is 47.0 Å². The van der Waals surface area contributed by atoms with E-state index in [9.17, 15) is 0 Å². The first-order valence-corrected chi connectivity index (χ1v) is 5.73. The summed E-state index contributed by atoms with van der Waals surface area (Å²) >= 11 is 21.2. The molecule has 2 heterocycles. The number of rotatable bonds is 0. The molecule has 0 spiro atoms. The first-order chi connectivity index (χ1) is 7.58. The SMILES string of the molecule is Clc1ccc(Cl)nc1.S=c1ccc(Cl)c[nH]1. The van der Waals surface area contributed by atoms with E-state index in [0.29, 0.717) is 19.8 Å². The molecule has 1 N–H and O–H groups in total. The lowest BCUT2D eigenvalue weighted by molar-refractivity contribution is 1.30. The molecule has 0 amide bonds. The standard InChI is InChI=1S/C5H3Cl2N.C5H4ClNS/c6-4-1-2-5(7)8-3-4;6-4-1-2-5(8)7-3-4/h1-3H;1-3H,(H,7,8). The minimum absolute atomic E-state index is 0.467. The minimum atomic E-state index is 0.467. The molecule has 0 unspecified atom stereocenters. The van der Waals surface area contributed by atoms with Gasteiger partial charge < -0.3 is 4.98 Å². The number of pyridine rings is 2. The number of aromatic amines is 1. The normalized spacial score (nSPS) is 9.19. The molecule has 0 fully saturated rings. The lowest BCUT2D eigenvalue weighted by Gasteiger charge is -1.85. The lowest BCUT2D eigenvalue weighted by Crippen LogP contribution is -1.69. The number of nitrogens with one attached hydrogen (secondary N) is 1. The molecule has 0 atom stereocenters. The highest BCUT2D eigenvalue weighted by molar-refractivity contribution is 7.71. The van der Waals surface area contributed by atoms with Crippen LogP contribution in [0, 0.1) is 4.64 Å². The molecule has 0 saturated heterocycles. The van der Waals surface area contributed by atoms with E-state index in [0.717, 1.165) is 0 Å². The summed E-state index contributed by atoms with van der Waals surface area (Å²) in [4.78, 5) is 6.49. The van der Waals surface area contributed by atoms with Gasteiger partial charge in [-0.15, -0.1) is 0 Å². The Morgan fingerprint density at radius 2 is 1.69 bits per heavy atom. The number of halogens is 3. The maximum atomic E-state index is 5.53. The van der Waals surface area contributed by atoms with E-state index >= 15 is 0 Å². The van der Waals surface area contributed by atoms with E-state index in [-0.39, 0.29) is 0 Å². The van der Waals surface area contributed by atoms with Gasteiger partial charge in [0.1, 0.15) is 9.79 Å². The van der Waals surface area contributed by atoms with E-state index in [4.69, 9.17) is 47.0 Å². The van der Waals surface area contributed by atoms with Crippen molar-refractivity contribution in [1.82, 2.24) is 9.97 Å². The molecule has 2 rings (SSSR count). The summed E-state index contributed by atoms with van der Waals surface area (Å²) in [5.74, 6) is 0. The molecule has 16 heavy (non-hydrogen) atoms. The van der Waals surface area contributed by atoms with Gasteiger partial charge in [0, 0.05) is 12.4 Å². The van der Waals surface area contributed by atoms with Crippen molar-refractivity contribution in [2.75, 3.05) is 0 Å². The fraction of sp³-hybridized carbons (Fsp3) is 0. The van der Waals surface area contributed by atoms with Crippen molar-refractivity contribution in [2.45, 2.75) is 0 Å².